The van der Waals surface area contributed by atoms with Crippen LogP contribution < -0.4 is 5.43 Å². The summed E-state index contributed by atoms with van der Waals surface area (Å²) in [4.78, 5) is 16.2. The molecule has 8 heteroatoms. The molecule has 2 aliphatic carbocycles. The van der Waals surface area contributed by atoms with Crippen LogP contribution in [0, 0.1) is 17.6 Å². The highest BCUT2D eigenvalue weighted by Gasteiger charge is 2.34. The molecular weight excluding hydrogens is 474 g/mol. The van der Waals surface area contributed by atoms with Crippen molar-refractivity contribution < 1.29 is 18.3 Å². The fourth-order valence-corrected chi connectivity index (χ4v) is 6.49. The minimum atomic E-state index is -0.842. The number of allylic oxidation sites excluding steroid dienone is 2. The van der Waals surface area contributed by atoms with Gasteiger partial charge in [0.25, 0.3) is 0 Å². The van der Waals surface area contributed by atoms with E-state index in [0.29, 0.717) is 47.3 Å². The highest BCUT2D eigenvalue weighted by molar-refractivity contribution is 6.20. The lowest BCUT2D eigenvalue weighted by molar-refractivity contribution is -0.142. The van der Waals surface area contributed by atoms with Crippen molar-refractivity contribution >= 4 is 23.3 Å². The first-order chi connectivity index (χ1) is 17.9. The molecule has 6 nitrogen and oxygen atoms in total. The molecule has 0 bridgehead atoms. The van der Waals surface area contributed by atoms with Crippen LogP contribution >= 0.6 is 0 Å². The zero-order chi connectivity index (χ0) is 25.7. The third-order valence-electron chi connectivity index (χ3n) is 8.46. The van der Waals surface area contributed by atoms with Gasteiger partial charge in [-0.1, -0.05) is 12.2 Å². The van der Waals surface area contributed by atoms with Gasteiger partial charge in [0.1, 0.15) is 0 Å². The molecule has 0 unspecified atom stereocenters. The van der Waals surface area contributed by atoms with E-state index < -0.39 is 11.6 Å². The molecule has 5 aliphatic rings. The number of benzene rings is 1. The first kappa shape index (κ1) is 24.1. The Bertz CT molecular complexity index is 1300. The first-order valence-electron chi connectivity index (χ1n) is 13.1. The van der Waals surface area contributed by atoms with Crippen LogP contribution in [0.4, 0.5) is 8.78 Å². The first-order valence-corrected chi connectivity index (χ1v) is 13.1. The monoisotopic (exact) mass is 506 g/mol. The number of hydrogen-bond acceptors (Lipinski definition) is 6. The van der Waals surface area contributed by atoms with Gasteiger partial charge in [-0.2, -0.15) is 5.10 Å². The quantitative estimate of drug-likeness (QED) is 0.606. The number of carbonyl (C=O) groups excluding carboxylic acids is 1. The average Bonchev–Trinajstić information content (AvgIpc) is 3.22. The van der Waals surface area contributed by atoms with E-state index >= 15 is 4.39 Å². The van der Waals surface area contributed by atoms with Gasteiger partial charge in [-0.05, 0) is 61.3 Å². The smallest absolute Gasteiger partial charge is 0.305 e. The lowest BCUT2D eigenvalue weighted by atomic mass is 9.82. The van der Waals surface area contributed by atoms with E-state index in [1.54, 1.807) is 12.2 Å². The largest absolute Gasteiger partial charge is 0.469 e. The second-order valence-electron chi connectivity index (χ2n) is 10.7. The lowest BCUT2D eigenvalue weighted by Gasteiger charge is -2.39. The van der Waals surface area contributed by atoms with Crippen molar-refractivity contribution in [3.8, 4) is 0 Å². The van der Waals surface area contributed by atoms with Crippen molar-refractivity contribution in [3.63, 3.8) is 0 Å². The van der Waals surface area contributed by atoms with Crippen LogP contribution in [0.3, 0.4) is 0 Å². The van der Waals surface area contributed by atoms with Gasteiger partial charge in [0.15, 0.2) is 11.6 Å². The average molecular weight is 507 g/mol. The third kappa shape index (κ3) is 4.31. The number of hydrazone groups is 1. The molecule has 1 saturated carbocycles. The summed E-state index contributed by atoms with van der Waals surface area (Å²) in [5, 5.41) is 4.59. The van der Waals surface area contributed by atoms with Crippen LogP contribution in [0.5, 0.6) is 0 Å². The fourth-order valence-electron chi connectivity index (χ4n) is 6.49. The number of ether oxygens (including phenoxy) is 1. The van der Waals surface area contributed by atoms with Crippen molar-refractivity contribution in [2.75, 3.05) is 33.8 Å². The van der Waals surface area contributed by atoms with Crippen molar-refractivity contribution in [3.05, 3.63) is 69.6 Å². The second-order valence-corrected chi connectivity index (χ2v) is 10.7. The summed E-state index contributed by atoms with van der Waals surface area (Å²) in [5.41, 5.74) is 9.16. The van der Waals surface area contributed by atoms with Gasteiger partial charge in [0.05, 0.1) is 18.5 Å². The van der Waals surface area contributed by atoms with E-state index in [1.165, 1.54) is 18.7 Å². The summed E-state index contributed by atoms with van der Waals surface area (Å²) >= 11 is 0. The van der Waals surface area contributed by atoms with Gasteiger partial charge in [-0.15, -0.1) is 0 Å². The van der Waals surface area contributed by atoms with E-state index in [-0.39, 0.29) is 11.5 Å². The van der Waals surface area contributed by atoms with E-state index in [9.17, 15) is 9.18 Å². The number of methoxy groups -OCH3 is 1. The minimum Gasteiger partial charge on any atom is -0.469 e. The van der Waals surface area contributed by atoms with Gasteiger partial charge in [-0.3, -0.25) is 15.1 Å². The molecule has 3 heterocycles. The molecule has 1 aromatic rings. The minimum absolute atomic E-state index is 0.110. The molecule has 1 aromatic carbocycles. The molecule has 37 heavy (non-hydrogen) atoms. The summed E-state index contributed by atoms with van der Waals surface area (Å²) in [7, 11) is 3.42. The Morgan fingerprint density at radius 1 is 1.19 bits per heavy atom. The molecular formula is C29H32F2N4O2. The van der Waals surface area contributed by atoms with Crippen LogP contribution in [0.25, 0.3) is 11.6 Å². The molecule has 1 fully saturated rings. The summed E-state index contributed by atoms with van der Waals surface area (Å²) in [6.07, 6.45) is 13.5. The Balaban J connectivity index is 1.25. The highest BCUT2D eigenvalue weighted by Crippen LogP contribution is 2.41. The van der Waals surface area contributed by atoms with Gasteiger partial charge in [0, 0.05) is 67.6 Å². The van der Waals surface area contributed by atoms with E-state index in [2.05, 4.69) is 21.5 Å². The molecule has 0 amide bonds. The van der Waals surface area contributed by atoms with Crippen LogP contribution in [0.1, 0.15) is 55.2 Å². The maximum Gasteiger partial charge on any atom is 0.305 e. The highest BCUT2D eigenvalue weighted by atomic mass is 19.2. The van der Waals surface area contributed by atoms with E-state index in [4.69, 9.17) is 4.74 Å². The fraction of sp³-hybridized carbons (Fsp3) is 0.448. The Labute approximate surface area is 216 Å². The summed E-state index contributed by atoms with van der Waals surface area (Å²) in [6.45, 7) is 2.50. The molecule has 3 aliphatic heterocycles. The van der Waals surface area contributed by atoms with E-state index in [1.807, 2.05) is 18.1 Å². The normalized spacial score (nSPS) is 25.0. The third-order valence-corrected chi connectivity index (χ3v) is 8.46. The predicted octanol–water partition coefficient (Wildman–Crippen LogP) is 4.59. The van der Waals surface area contributed by atoms with Crippen molar-refractivity contribution in [1.29, 1.82) is 0 Å². The topological polar surface area (TPSA) is 57.2 Å². The molecule has 0 atom stereocenters. The Morgan fingerprint density at radius 2 is 2.00 bits per heavy atom. The van der Waals surface area contributed by atoms with Crippen LogP contribution in [-0.4, -0.2) is 61.3 Å². The Morgan fingerprint density at radius 3 is 2.73 bits per heavy atom. The maximum absolute atomic E-state index is 15.3. The lowest BCUT2D eigenvalue weighted by Crippen LogP contribution is -2.41. The molecule has 0 radical (unpaired) electrons. The zero-order valence-corrected chi connectivity index (χ0v) is 21.3. The van der Waals surface area contributed by atoms with Crippen LogP contribution in [0.2, 0.25) is 0 Å². The number of fused-ring (bicyclic) bond motifs is 2. The SMILES string of the molecule is COC(=O)CC1CCC(N2CC=C(C3=C4NN=C5C=Cc6cc(F)c(F)c(c65)C4=CN(C)C3)CC2)CC1. The van der Waals surface area contributed by atoms with Crippen molar-refractivity contribution in [1.82, 2.24) is 15.2 Å². The molecule has 0 aromatic heterocycles. The molecule has 1 N–H and O–H groups in total. The number of nitrogens with one attached hydrogen (secondary N) is 1. The van der Waals surface area contributed by atoms with Gasteiger partial charge in [0.2, 0.25) is 0 Å². The number of nitrogens with zero attached hydrogens (tertiary/aromatic N) is 3. The standard InChI is InChI=1S/C29H32F2N4O2/c1-34-15-21(18-9-11-35(12-10-18)20-6-3-17(4-7-20)13-25(36)37-2)29-22(16-34)27-26-19(14-23(30)28(27)31)5-8-24(26)32-33-29/h5,8-9,14,16-17,20,33H,3-4,6-7,10-13,15H2,1-2H3. The van der Waals surface area contributed by atoms with Gasteiger partial charge >= 0.3 is 5.97 Å². The number of rotatable bonds is 4. The summed E-state index contributed by atoms with van der Waals surface area (Å²) < 4.78 is 34.7. The molecule has 194 valence electrons. The van der Waals surface area contributed by atoms with Crippen molar-refractivity contribution in [2.24, 2.45) is 11.0 Å². The Kier molecular flexibility index (Phi) is 6.23. The van der Waals surface area contributed by atoms with Crippen molar-refractivity contribution in [2.45, 2.75) is 44.6 Å². The molecule has 0 saturated heterocycles. The number of halogens is 2. The zero-order valence-electron chi connectivity index (χ0n) is 21.3. The van der Waals surface area contributed by atoms with Gasteiger partial charge < -0.3 is 9.64 Å². The number of esters is 1. The molecule has 6 rings (SSSR count). The second kappa shape index (κ2) is 9.56. The van der Waals surface area contributed by atoms with Crippen LogP contribution in [0.15, 0.2) is 46.4 Å². The summed E-state index contributed by atoms with van der Waals surface area (Å²) in [5.74, 6) is -1.35. The van der Waals surface area contributed by atoms with E-state index in [0.717, 1.165) is 56.5 Å². The maximum atomic E-state index is 15.3. The predicted molar refractivity (Wildman–Crippen MR) is 139 cm³/mol. The number of hydrogen-bond donors (Lipinski definition) is 1. The van der Waals surface area contributed by atoms with Gasteiger partial charge in [-0.25, -0.2) is 8.78 Å². The van der Waals surface area contributed by atoms with Crippen LogP contribution in [-0.2, 0) is 9.53 Å². The number of likely N-dealkylation sites (N-methyl/N-ethyl adjacent to an activating group) is 1. The number of carbonyl (C=O) groups is 1. The molecule has 0 spiro atoms. The summed E-state index contributed by atoms with van der Waals surface area (Å²) in [6, 6.07) is 1.78. The Hall–Kier alpha value is -3.26.